The molecule has 6 heteroatoms. The van der Waals surface area contributed by atoms with Crippen molar-refractivity contribution >= 4 is 23.8 Å². The standard InChI is InChI=1S/C15H22N2O3S/c1-11(21-2)8-9-16-15(20)17-10-13(14(18)19)12-6-4-3-5-7-12/h3-7,11,13H,8-10H2,1-2H3,(H,18,19)(H2,16,17,20). The highest BCUT2D eigenvalue weighted by Crippen LogP contribution is 2.14. The predicted molar refractivity (Wildman–Crippen MR) is 85.8 cm³/mol. The van der Waals surface area contributed by atoms with Crippen LogP contribution in [0.4, 0.5) is 4.79 Å². The monoisotopic (exact) mass is 310 g/mol. The van der Waals surface area contributed by atoms with Crippen LogP contribution < -0.4 is 10.6 Å². The van der Waals surface area contributed by atoms with Crippen LogP contribution in [-0.2, 0) is 4.79 Å². The summed E-state index contributed by atoms with van der Waals surface area (Å²) in [6, 6.07) is 8.57. The van der Waals surface area contributed by atoms with Crippen LogP contribution in [-0.4, -0.2) is 41.7 Å². The van der Waals surface area contributed by atoms with Gasteiger partial charge in [-0.15, -0.1) is 0 Å². The third kappa shape index (κ3) is 6.53. The minimum atomic E-state index is -0.947. The van der Waals surface area contributed by atoms with Crippen molar-refractivity contribution in [3.63, 3.8) is 0 Å². The lowest BCUT2D eigenvalue weighted by molar-refractivity contribution is -0.138. The van der Waals surface area contributed by atoms with Crippen molar-refractivity contribution in [2.75, 3.05) is 19.3 Å². The Kier molecular flexibility index (Phi) is 7.68. The highest BCUT2D eigenvalue weighted by atomic mass is 32.2. The molecule has 0 aromatic heterocycles. The van der Waals surface area contributed by atoms with E-state index in [-0.39, 0.29) is 12.6 Å². The molecule has 0 aliphatic rings. The average molecular weight is 310 g/mol. The first-order valence-electron chi connectivity index (χ1n) is 6.86. The molecule has 2 amide bonds. The van der Waals surface area contributed by atoms with E-state index in [0.717, 1.165) is 6.42 Å². The van der Waals surface area contributed by atoms with E-state index < -0.39 is 11.9 Å². The van der Waals surface area contributed by atoms with E-state index in [1.165, 1.54) is 0 Å². The third-order valence-corrected chi connectivity index (χ3v) is 4.25. The van der Waals surface area contributed by atoms with Crippen molar-refractivity contribution in [3.05, 3.63) is 35.9 Å². The molecule has 1 rings (SSSR count). The van der Waals surface area contributed by atoms with Gasteiger partial charge >= 0.3 is 12.0 Å². The second kappa shape index (κ2) is 9.28. The Bertz CT molecular complexity index is 453. The Balaban J connectivity index is 2.40. The fourth-order valence-electron chi connectivity index (χ4n) is 1.80. The van der Waals surface area contributed by atoms with Crippen LogP contribution in [0, 0.1) is 0 Å². The molecule has 3 N–H and O–H groups in total. The molecule has 0 saturated heterocycles. The third-order valence-electron chi connectivity index (χ3n) is 3.21. The largest absolute Gasteiger partial charge is 0.481 e. The molecule has 0 aliphatic heterocycles. The second-order valence-electron chi connectivity index (χ2n) is 4.77. The van der Waals surface area contributed by atoms with Crippen molar-refractivity contribution in [2.24, 2.45) is 0 Å². The van der Waals surface area contributed by atoms with Gasteiger partial charge in [-0.25, -0.2) is 4.79 Å². The van der Waals surface area contributed by atoms with Gasteiger partial charge in [0, 0.05) is 18.3 Å². The number of amides is 2. The zero-order valence-corrected chi connectivity index (χ0v) is 13.2. The molecule has 0 fully saturated rings. The minimum Gasteiger partial charge on any atom is -0.481 e. The summed E-state index contributed by atoms with van der Waals surface area (Å²) < 4.78 is 0. The molecule has 0 radical (unpaired) electrons. The van der Waals surface area contributed by atoms with Gasteiger partial charge in [0.1, 0.15) is 0 Å². The van der Waals surface area contributed by atoms with Gasteiger partial charge in [0.05, 0.1) is 5.92 Å². The molecule has 0 saturated carbocycles. The van der Waals surface area contributed by atoms with Crippen LogP contribution in [0.5, 0.6) is 0 Å². The van der Waals surface area contributed by atoms with Crippen LogP contribution >= 0.6 is 11.8 Å². The summed E-state index contributed by atoms with van der Waals surface area (Å²) in [6.45, 7) is 2.75. The fraction of sp³-hybridized carbons (Fsp3) is 0.467. The van der Waals surface area contributed by atoms with Crippen LogP contribution in [0.2, 0.25) is 0 Å². The van der Waals surface area contributed by atoms with Gasteiger partial charge in [-0.05, 0) is 18.2 Å². The van der Waals surface area contributed by atoms with Gasteiger partial charge in [0.2, 0.25) is 0 Å². The maximum absolute atomic E-state index is 11.6. The normalized spacial score (nSPS) is 13.2. The molecule has 21 heavy (non-hydrogen) atoms. The summed E-state index contributed by atoms with van der Waals surface area (Å²) in [6.07, 6.45) is 2.91. The summed E-state index contributed by atoms with van der Waals surface area (Å²) in [5, 5.41) is 15.1. The SMILES string of the molecule is CSC(C)CCNC(=O)NCC(C(=O)O)c1ccccc1. The number of carbonyl (C=O) groups excluding carboxylic acids is 1. The first-order chi connectivity index (χ1) is 10.0. The van der Waals surface area contributed by atoms with Crippen LogP contribution in [0.1, 0.15) is 24.8 Å². The first-order valence-corrected chi connectivity index (χ1v) is 8.15. The Hall–Kier alpha value is -1.69. The number of carbonyl (C=O) groups is 2. The molecule has 116 valence electrons. The van der Waals surface area contributed by atoms with Crippen molar-refractivity contribution in [2.45, 2.75) is 24.5 Å². The van der Waals surface area contributed by atoms with Gasteiger partial charge in [-0.2, -0.15) is 11.8 Å². The lowest BCUT2D eigenvalue weighted by Crippen LogP contribution is -2.40. The average Bonchev–Trinajstić information content (AvgIpc) is 2.48. The lowest BCUT2D eigenvalue weighted by Gasteiger charge is -2.15. The van der Waals surface area contributed by atoms with Gasteiger partial charge in [-0.1, -0.05) is 37.3 Å². The number of hydrogen-bond donors (Lipinski definition) is 3. The van der Waals surface area contributed by atoms with Gasteiger partial charge in [0.15, 0.2) is 0 Å². The summed E-state index contributed by atoms with van der Waals surface area (Å²) >= 11 is 1.75. The summed E-state index contributed by atoms with van der Waals surface area (Å²) in [7, 11) is 0. The highest BCUT2D eigenvalue weighted by molar-refractivity contribution is 7.99. The number of rotatable bonds is 8. The first kappa shape index (κ1) is 17.4. The fourth-order valence-corrected chi connectivity index (χ4v) is 2.15. The zero-order valence-electron chi connectivity index (χ0n) is 12.3. The molecule has 0 aliphatic carbocycles. The summed E-state index contributed by atoms with van der Waals surface area (Å²) in [5.74, 6) is -1.68. The maximum atomic E-state index is 11.6. The molecular formula is C15H22N2O3S. The Morgan fingerprint density at radius 1 is 1.24 bits per heavy atom. The number of hydrogen-bond acceptors (Lipinski definition) is 3. The molecule has 0 spiro atoms. The van der Waals surface area contributed by atoms with Crippen molar-refractivity contribution in [1.82, 2.24) is 10.6 Å². The van der Waals surface area contributed by atoms with Crippen LogP contribution in [0.15, 0.2) is 30.3 Å². The predicted octanol–water partition coefficient (Wildman–Crippen LogP) is 2.30. The number of aliphatic carboxylic acids is 1. The molecule has 0 heterocycles. The van der Waals surface area contributed by atoms with Gasteiger partial charge in [-0.3, -0.25) is 4.79 Å². The van der Waals surface area contributed by atoms with Gasteiger partial charge in [0.25, 0.3) is 0 Å². The quantitative estimate of drug-likeness (QED) is 0.688. The second-order valence-corrected chi connectivity index (χ2v) is 6.05. The number of carboxylic acids is 1. The minimum absolute atomic E-state index is 0.0727. The molecule has 2 unspecified atom stereocenters. The van der Waals surface area contributed by atoms with E-state index in [1.54, 1.807) is 36.0 Å². The van der Waals surface area contributed by atoms with Crippen molar-refractivity contribution in [1.29, 1.82) is 0 Å². The molecule has 1 aromatic carbocycles. The molecular weight excluding hydrogens is 288 g/mol. The number of benzene rings is 1. The number of carboxylic acid groups (broad SMARTS) is 1. The topological polar surface area (TPSA) is 78.4 Å². The van der Waals surface area contributed by atoms with E-state index in [4.69, 9.17) is 0 Å². The van der Waals surface area contributed by atoms with Crippen molar-refractivity contribution < 1.29 is 14.7 Å². The Morgan fingerprint density at radius 3 is 2.48 bits per heavy atom. The molecule has 1 aromatic rings. The molecule has 5 nitrogen and oxygen atoms in total. The summed E-state index contributed by atoms with van der Waals surface area (Å²) in [4.78, 5) is 22.9. The van der Waals surface area contributed by atoms with Gasteiger partial charge < -0.3 is 15.7 Å². The number of nitrogens with one attached hydrogen (secondary N) is 2. The van der Waals surface area contributed by atoms with E-state index in [0.29, 0.717) is 17.4 Å². The molecule has 2 atom stereocenters. The van der Waals surface area contributed by atoms with E-state index in [2.05, 4.69) is 17.6 Å². The summed E-state index contributed by atoms with van der Waals surface area (Å²) in [5.41, 5.74) is 0.682. The maximum Gasteiger partial charge on any atom is 0.314 e. The van der Waals surface area contributed by atoms with Crippen LogP contribution in [0.25, 0.3) is 0 Å². The molecule has 0 bridgehead atoms. The zero-order chi connectivity index (χ0) is 15.7. The van der Waals surface area contributed by atoms with E-state index in [9.17, 15) is 14.7 Å². The van der Waals surface area contributed by atoms with Crippen LogP contribution in [0.3, 0.4) is 0 Å². The van der Waals surface area contributed by atoms with Crippen molar-refractivity contribution in [3.8, 4) is 0 Å². The number of thioether (sulfide) groups is 1. The smallest absolute Gasteiger partial charge is 0.314 e. The van der Waals surface area contributed by atoms with E-state index in [1.807, 2.05) is 12.3 Å². The highest BCUT2D eigenvalue weighted by Gasteiger charge is 2.20. The lowest BCUT2D eigenvalue weighted by atomic mass is 9.99. The van der Waals surface area contributed by atoms with E-state index >= 15 is 0 Å². The number of urea groups is 1. The Labute approximate surface area is 129 Å². The Morgan fingerprint density at radius 2 is 1.90 bits per heavy atom.